The second-order valence-corrected chi connectivity index (χ2v) is 10.3. The van der Waals surface area contributed by atoms with Crippen molar-refractivity contribution in [2.45, 2.75) is 58.4 Å². The second kappa shape index (κ2) is 13.7. The van der Waals surface area contributed by atoms with Gasteiger partial charge in [-0.3, -0.25) is 14.5 Å². The predicted molar refractivity (Wildman–Crippen MR) is 153 cm³/mol. The van der Waals surface area contributed by atoms with Gasteiger partial charge in [0.1, 0.15) is 11.3 Å². The number of unbranched alkanes of at least 4 members (excludes halogenated alkanes) is 2. The van der Waals surface area contributed by atoms with Crippen molar-refractivity contribution in [1.82, 2.24) is 9.80 Å². The number of likely N-dealkylation sites (tertiary alicyclic amines) is 1. The number of ether oxygens (including phenoxy) is 2. The van der Waals surface area contributed by atoms with Gasteiger partial charge >= 0.3 is 5.97 Å². The molecule has 4 rings (SSSR count). The minimum absolute atomic E-state index is 0.111. The number of rotatable bonds is 13. The number of fused-ring (bicyclic) bond motifs is 1. The lowest BCUT2D eigenvalue weighted by Gasteiger charge is -2.30. The summed E-state index contributed by atoms with van der Waals surface area (Å²) in [6, 6.07) is 15.4. The van der Waals surface area contributed by atoms with E-state index in [0.29, 0.717) is 13.2 Å². The van der Waals surface area contributed by atoms with Crippen LogP contribution in [0.1, 0.15) is 69.5 Å². The summed E-state index contributed by atoms with van der Waals surface area (Å²) in [5, 5.41) is 0.992. The highest BCUT2D eigenvalue weighted by atomic mass is 16.5. The fraction of sp³-hybridized carbons (Fsp3) is 0.500. The van der Waals surface area contributed by atoms with Gasteiger partial charge in [0.2, 0.25) is 5.91 Å². The second-order valence-electron chi connectivity index (χ2n) is 10.3. The van der Waals surface area contributed by atoms with Crippen molar-refractivity contribution in [3.05, 3.63) is 65.9 Å². The molecule has 3 aromatic rings. The number of esters is 1. The van der Waals surface area contributed by atoms with Crippen LogP contribution in [0.2, 0.25) is 0 Å². The Morgan fingerprint density at radius 3 is 2.36 bits per heavy atom. The van der Waals surface area contributed by atoms with E-state index in [1.807, 2.05) is 54.3 Å². The lowest BCUT2D eigenvalue weighted by atomic mass is 9.81. The van der Waals surface area contributed by atoms with Crippen LogP contribution in [0.15, 0.2) is 59.2 Å². The maximum Gasteiger partial charge on any atom is 0.311 e. The van der Waals surface area contributed by atoms with E-state index < -0.39 is 5.92 Å². The largest absolute Gasteiger partial charge is 0.497 e. The Balaban J connectivity index is 1.75. The third kappa shape index (κ3) is 6.47. The number of hydrogen-bond acceptors (Lipinski definition) is 6. The first-order valence-corrected chi connectivity index (χ1v) is 14.3. The van der Waals surface area contributed by atoms with Crippen molar-refractivity contribution in [3.8, 4) is 5.75 Å². The van der Waals surface area contributed by atoms with Crippen molar-refractivity contribution >= 4 is 22.8 Å². The molecule has 3 atom stereocenters. The van der Waals surface area contributed by atoms with Crippen LogP contribution in [0.4, 0.5) is 0 Å². The molecule has 7 heteroatoms. The number of amides is 1. The highest BCUT2D eigenvalue weighted by molar-refractivity contribution is 5.84. The molecule has 0 N–H and O–H groups in total. The molecule has 0 aliphatic carbocycles. The summed E-state index contributed by atoms with van der Waals surface area (Å²) in [6.45, 7) is 8.76. The van der Waals surface area contributed by atoms with Gasteiger partial charge in [-0.25, -0.2) is 0 Å². The fourth-order valence-corrected chi connectivity index (χ4v) is 5.81. The van der Waals surface area contributed by atoms with Crippen LogP contribution < -0.4 is 4.74 Å². The SMILES string of the molecule is CCCCN(CCCC)C(=O)CN1C[C@H](c2cccc3occc23)[C@@H](C(=O)OCC)[C@@H]1c1ccc(OC)cc1. The average Bonchev–Trinajstić information content (AvgIpc) is 3.58. The Morgan fingerprint density at radius 2 is 1.72 bits per heavy atom. The molecule has 1 aromatic heterocycles. The normalized spacial score (nSPS) is 19.3. The molecule has 1 aliphatic rings. The Labute approximate surface area is 232 Å². The number of carbonyl (C=O) groups is 2. The third-order valence-electron chi connectivity index (χ3n) is 7.80. The zero-order valence-electron chi connectivity index (χ0n) is 23.7. The van der Waals surface area contributed by atoms with Crippen molar-refractivity contribution in [2.24, 2.45) is 5.92 Å². The van der Waals surface area contributed by atoms with E-state index in [2.05, 4.69) is 24.8 Å². The van der Waals surface area contributed by atoms with Crippen molar-refractivity contribution in [1.29, 1.82) is 0 Å². The van der Waals surface area contributed by atoms with Crippen LogP contribution in [0, 0.1) is 5.92 Å². The number of carbonyl (C=O) groups excluding carboxylic acids is 2. The quantitative estimate of drug-likeness (QED) is 0.244. The minimum Gasteiger partial charge on any atom is -0.497 e. The summed E-state index contributed by atoms with van der Waals surface area (Å²) in [6.07, 6.45) is 5.72. The Hall–Kier alpha value is -3.32. The molecular formula is C32H42N2O5. The summed E-state index contributed by atoms with van der Waals surface area (Å²) in [7, 11) is 1.64. The maximum atomic E-state index is 13.7. The first kappa shape index (κ1) is 28.7. The van der Waals surface area contributed by atoms with Gasteiger partial charge in [-0.1, -0.05) is 51.0 Å². The summed E-state index contributed by atoms with van der Waals surface area (Å²) in [4.78, 5) is 31.6. The van der Waals surface area contributed by atoms with Crippen molar-refractivity contribution in [3.63, 3.8) is 0 Å². The van der Waals surface area contributed by atoms with E-state index in [1.54, 1.807) is 13.4 Å². The zero-order valence-corrected chi connectivity index (χ0v) is 23.7. The summed E-state index contributed by atoms with van der Waals surface area (Å²) in [5.74, 6) is -0.0266. The molecule has 7 nitrogen and oxygen atoms in total. The van der Waals surface area contributed by atoms with Gasteiger partial charge in [0.15, 0.2) is 0 Å². The van der Waals surface area contributed by atoms with E-state index in [-0.39, 0.29) is 30.4 Å². The van der Waals surface area contributed by atoms with Crippen LogP contribution in [-0.2, 0) is 14.3 Å². The molecule has 0 radical (unpaired) electrons. The van der Waals surface area contributed by atoms with Gasteiger partial charge < -0.3 is 18.8 Å². The molecule has 1 amide bonds. The molecular weight excluding hydrogens is 492 g/mol. The molecule has 2 aromatic carbocycles. The topological polar surface area (TPSA) is 72.2 Å². The number of furan rings is 1. The average molecular weight is 535 g/mol. The maximum absolute atomic E-state index is 13.7. The van der Waals surface area contributed by atoms with Crippen LogP contribution in [0.25, 0.3) is 11.0 Å². The highest BCUT2D eigenvalue weighted by Gasteiger charge is 2.49. The minimum atomic E-state index is -0.480. The van der Waals surface area contributed by atoms with Gasteiger partial charge in [0.25, 0.3) is 0 Å². The molecule has 0 unspecified atom stereocenters. The number of nitrogens with zero attached hydrogens (tertiary/aromatic N) is 2. The number of benzene rings is 2. The van der Waals surface area contributed by atoms with Gasteiger partial charge in [0.05, 0.1) is 32.4 Å². The third-order valence-corrected chi connectivity index (χ3v) is 7.80. The fourth-order valence-electron chi connectivity index (χ4n) is 5.81. The highest BCUT2D eigenvalue weighted by Crippen LogP contribution is 2.48. The van der Waals surface area contributed by atoms with Gasteiger partial charge in [0, 0.05) is 37.0 Å². The van der Waals surface area contributed by atoms with Crippen LogP contribution in [0.5, 0.6) is 5.75 Å². The summed E-state index contributed by atoms with van der Waals surface area (Å²) < 4.78 is 16.8. The number of methoxy groups -OCH3 is 1. The van der Waals surface area contributed by atoms with E-state index in [4.69, 9.17) is 13.9 Å². The number of hydrogen-bond donors (Lipinski definition) is 0. The van der Waals surface area contributed by atoms with E-state index in [9.17, 15) is 9.59 Å². The molecule has 0 saturated carbocycles. The first-order chi connectivity index (χ1) is 19.0. The summed E-state index contributed by atoms with van der Waals surface area (Å²) in [5.41, 5.74) is 2.80. The van der Waals surface area contributed by atoms with Gasteiger partial charge in [-0.05, 0) is 55.2 Å². The first-order valence-electron chi connectivity index (χ1n) is 14.3. The Morgan fingerprint density at radius 1 is 1.00 bits per heavy atom. The van der Waals surface area contributed by atoms with Crippen LogP contribution in [0.3, 0.4) is 0 Å². The molecule has 2 heterocycles. The standard InChI is InChI=1S/C32H42N2O5/c1-5-8-18-33(19-9-6-2)29(35)22-34-21-27(25-11-10-12-28-26(25)17-20-39-28)30(32(36)38-7-3)31(34)23-13-15-24(37-4)16-14-23/h10-17,20,27,30-31H,5-9,18-19,21-22H2,1-4H3/t27-,30-,31+/m1/s1. The Bertz CT molecular complexity index is 1210. The van der Waals surface area contributed by atoms with E-state index >= 15 is 0 Å². The molecule has 0 bridgehead atoms. The lowest BCUT2D eigenvalue weighted by Crippen LogP contribution is -2.42. The van der Waals surface area contributed by atoms with E-state index in [1.165, 1.54) is 0 Å². The van der Waals surface area contributed by atoms with Gasteiger partial charge in [-0.15, -0.1) is 0 Å². The van der Waals surface area contributed by atoms with Crippen molar-refractivity contribution < 1.29 is 23.5 Å². The van der Waals surface area contributed by atoms with E-state index in [0.717, 1.165) is 66.6 Å². The molecule has 1 fully saturated rings. The lowest BCUT2D eigenvalue weighted by molar-refractivity contribution is -0.150. The van der Waals surface area contributed by atoms with Crippen molar-refractivity contribution in [2.75, 3.05) is 39.9 Å². The molecule has 210 valence electrons. The Kier molecular flexibility index (Phi) is 10.0. The van der Waals surface area contributed by atoms with Crippen LogP contribution >= 0.6 is 0 Å². The van der Waals surface area contributed by atoms with Crippen LogP contribution in [-0.4, -0.2) is 61.6 Å². The van der Waals surface area contributed by atoms with Gasteiger partial charge in [-0.2, -0.15) is 0 Å². The molecule has 0 spiro atoms. The molecule has 1 saturated heterocycles. The molecule has 39 heavy (non-hydrogen) atoms. The molecule has 1 aliphatic heterocycles. The predicted octanol–water partition coefficient (Wildman–Crippen LogP) is 6.19. The zero-order chi connectivity index (χ0) is 27.8. The monoisotopic (exact) mass is 534 g/mol. The summed E-state index contributed by atoms with van der Waals surface area (Å²) >= 11 is 0. The smallest absolute Gasteiger partial charge is 0.311 e.